The third kappa shape index (κ3) is 2.68. The number of nitrogens with zero attached hydrogens (tertiary/aromatic N) is 1. The zero-order chi connectivity index (χ0) is 15.2. The SMILES string of the molecule is CC1CC(N)CN(S(=O)(=O)c2ccc3c(c2)CC(=O)N3)C1. The van der Waals surface area contributed by atoms with Crippen molar-refractivity contribution in [2.24, 2.45) is 11.7 Å². The lowest BCUT2D eigenvalue weighted by molar-refractivity contribution is -0.115. The van der Waals surface area contributed by atoms with E-state index in [-0.39, 0.29) is 29.2 Å². The average Bonchev–Trinajstić information content (AvgIpc) is 2.76. The molecule has 0 saturated carbocycles. The van der Waals surface area contributed by atoms with Gasteiger partial charge in [0, 0.05) is 24.8 Å². The minimum Gasteiger partial charge on any atom is -0.326 e. The van der Waals surface area contributed by atoms with Crippen molar-refractivity contribution in [2.45, 2.75) is 30.7 Å². The molecule has 2 aliphatic rings. The Morgan fingerprint density at radius 2 is 2.10 bits per heavy atom. The Labute approximate surface area is 124 Å². The summed E-state index contributed by atoms with van der Waals surface area (Å²) in [6.45, 7) is 2.85. The van der Waals surface area contributed by atoms with Crippen LogP contribution in [0.3, 0.4) is 0 Å². The van der Waals surface area contributed by atoms with Gasteiger partial charge in [-0.1, -0.05) is 6.92 Å². The van der Waals surface area contributed by atoms with Gasteiger partial charge in [-0.15, -0.1) is 0 Å². The first-order valence-corrected chi connectivity index (χ1v) is 8.49. The van der Waals surface area contributed by atoms with Gasteiger partial charge in [-0.05, 0) is 36.1 Å². The number of anilines is 1. The van der Waals surface area contributed by atoms with Crippen molar-refractivity contribution >= 4 is 21.6 Å². The molecule has 2 unspecified atom stereocenters. The van der Waals surface area contributed by atoms with Gasteiger partial charge < -0.3 is 11.1 Å². The molecule has 1 saturated heterocycles. The molecule has 0 bridgehead atoms. The van der Waals surface area contributed by atoms with Crippen LogP contribution in [0.25, 0.3) is 0 Å². The Kier molecular flexibility index (Phi) is 3.51. The van der Waals surface area contributed by atoms with Crippen LogP contribution < -0.4 is 11.1 Å². The number of nitrogens with one attached hydrogen (secondary N) is 1. The summed E-state index contributed by atoms with van der Waals surface area (Å²) in [4.78, 5) is 11.6. The Balaban J connectivity index is 1.92. The van der Waals surface area contributed by atoms with Crippen LogP contribution >= 0.6 is 0 Å². The fourth-order valence-corrected chi connectivity index (χ4v) is 4.73. The standard InChI is InChI=1S/C14H19N3O3S/c1-9-4-11(15)8-17(7-9)21(19,20)12-2-3-13-10(5-12)6-14(18)16-13/h2-3,5,9,11H,4,6-8,15H2,1H3,(H,16,18). The van der Waals surface area contributed by atoms with Crippen LogP contribution in [0.2, 0.25) is 0 Å². The zero-order valence-corrected chi connectivity index (χ0v) is 12.7. The molecule has 3 N–H and O–H groups in total. The fraction of sp³-hybridized carbons (Fsp3) is 0.500. The Bertz CT molecular complexity index is 677. The quantitative estimate of drug-likeness (QED) is 0.834. The summed E-state index contributed by atoms with van der Waals surface area (Å²) < 4.78 is 26.9. The van der Waals surface area contributed by atoms with Crippen LogP contribution in [-0.4, -0.2) is 37.8 Å². The van der Waals surface area contributed by atoms with Gasteiger partial charge in [0.2, 0.25) is 15.9 Å². The van der Waals surface area contributed by atoms with Crippen molar-refractivity contribution in [3.63, 3.8) is 0 Å². The number of carbonyl (C=O) groups is 1. The summed E-state index contributed by atoms with van der Waals surface area (Å²) in [7, 11) is -3.55. The number of benzene rings is 1. The van der Waals surface area contributed by atoms with Gasteiger partial charge >= 0.3 is 0 Å². The van der Waals surface area contributed by atoms with Gasteiger partial charge in [-0.3, -0.25) is 4.79 Å². The molecule has 1 aromatic rings. The van der Waals surface area contributed by atoms with Crippen molar-refractivity contribution in [2.75, 3.05) is 18.4 Å². The van der Waals surface area contributed by atoms with Gasteiger partial charge in [-0.25, -0.2) is 8.42 Å². The number of rotatable bonds is 2. The number of amides is 1. The minimum atomic E-state index is -3.55. The summed E-state index contributed by atoms with van der Waals surface area (Å²) in [5.74, 6) is 0.148. The molecule has 3 rings (SSSR count). The number of hydrogen-bond acceptors (Lipinski definition) is 4. The van der Waals surface area contributed by atoms with E-state index in [1.54, 1.807) is 18.2 Å². The number of fused-ring (bicyclic) bond motifs is 1. The number of hydrogen-bond donors (Lipinski definition) is 2. The van der Waals surface area contributed by atoms with E-state index in [2.05, 4.69) is 5.32 Å². The maximum atomic E-state index is 12.7. The predicted octanol–water partition coefficient (Wildman–Crippen LogP) is 0.539. The Morgan fingerprint density at radius 1 is 1.33 bits per heavy atom. The second kappa shape index (κ2) is 5.08. The van der Waals surface area contributed by atoms with Crippen LogP contribution in [0.5, 0.6) is 0 Å². The Morgan fingerprint density at radius 3 is 2.81 bits per heavy atom. The molecule has 21 heavy (non-hydrogen) atoms. The molecule has 1 aromatic carbocycles. The first-order valence-electron chi connectivity index (χ1n) is 7.05. The van der Waals surface area contributed by atoms with Crippen LogP contribution in [0.1, 0.15) is 18.9 Å². The van der Waals surface area contributed by atoms with E-state index in [9.17, 15) is 13.2 Å². The highest BCUT2D eigenvalue weighted by atomic mass is 32.2. The fourth-order valence-electron chi connectivity index (χ4n) is 3.06. The monoisotopic (exact) mass is 309 g/mol. The van der Waals surface area contributed by atoms with E-state index in [0.29, 0.717) is 18.8 Å². The van der Waals surface area contributed by atoms with Crippen molar-refractivity contribution in [1.29, 1.82) is 0 Å². The van der Waals surface area contributed by atoms with Crippen molar-refractivity contribution in [3.8, 4) is 0 Å². The highest BCUT2D eigenvalue weighted by Gasteiger charge is 2.32. The van der Waals surface area contributed by atoms with E-state index >= 15 is 0 Å². The molecule has 0 aromatic heterocycles. The second-order valence-electron chi connectivity index (χ2n) is 5.97. The second-order valence-corrected chi connectivity index (χ2v) is 7.90. The number of nitrogens with two attached hydrogens (primary N) is 1. The molecule has 2 aliphatic heterocycles. The van der Waals surface area contributed by atoms with E-state index < -0.39 is 10.0 Å². The van der Waals surface area contributed by atoms with E-state index in [1.807, 2.05) is 6.92 Å². The molecule has 6 nitrogen and oxygen atoms in total. The van der Waals surface area contributed by atoms with Gasteiger partial charge in [0.1, 0.15) is 0 Å². The van der Waals surface area contributed by atoms with Crippen LogP contribution in [0.4, 0.5) is 5.69 Å². The third-order valence-electron chi connectivity index (χ3n) is 4.00. The normalized spacial score (nSPS) is 26.5. The number of carbonyl (C=O) groups excluding carboxylic acids is 1. The van der Waals surface area contributed by atoms with Crippen molar-refractivity contribution in [3.05, 3.63) is 23.8 Å². The lowest BCUT2D eigenvalue weighted by Crippen LogP contribution is -2.48. The summed E-state index contributed by atoms with van der Waals surface area (Å²) in [5, 5.41) is 2.70. The lowest BCUT2D eigenvalue weighted by Gasteiger charge is -2.33. The molecule has 0 aliphatic carbocycles. The largest absolute Gasteiger partial charge is 0.326 e. The molecule has 1 amide bonds. The maximum absolute atomic E-state index is 12.7. The summed E-state index contributed by atoms with van der Waals surface area (Å²) in [6, 6.07) is 4.67. The molecular formula is C14H19N3O3S. The van der Waals surface area contributed by atoms with Crippen molar-refractivity contribution < 1.29 is 13.2 Å². The van der Waals surface area contributed by atoms with Gasteiger partial charge in [0.05, 0.1) is 11.3 Å². The number of piperidine rings is 1. The number of sulfonamides is 1. The van der Waals surface area contributed by atoms with E-state index in [1.165, 1.54) is 4.31 Å². The van der Waals surface area contributed by atoms with E-state index in [0.717, 1.165) is 12.0 Å². The zero-order valence-electron chi connectivity index (χ0n) is 11.9. The smallest absolute Gasteiger partial charge is 0.243 e. The maximum Gasteiger partial charge on any atom is 0.243 e. The molecule has 2 heterocycles. The predicted molar refractivity (Wildman–Crippen MR) is 79.3 cm³/mol. The van der Waals surface area contributed by atoms with Gasteiger partial charge in [-0.2, -0.15) is 4.31 Å². The highest BCUT2D eigenvalue weighted by molar-refractivity contribution is 7.89. The molecule has 1 fully saturated rings. The first-order chi connectivity index (χ1) is 9.86. The summed E-state index contributed by atoms with van der Waals surface area (Å²) >= 11 is 0. The molecule has 0 spiro atoms. The van der Waals surface area contributed by atoms with Gasteiger partial charge in [0.25, 0.3) is 0 Å². The molecular weight excluding hydrogens is 290 g/mol. The summed E-state index contributed by atoms with van der Waals surface area (Å²) in [6.07, 6.45) is 1.07. The molecule has 7 heteroatoms. The van der Waals surface area contributed by atoms with Crippen LogP contribution in [0.15, 0.2) is 23.1 Å². The van der Waals surface area contributed by atoms with Crippen molar-refractivity contribution in [1.82, 2.24) is 4.31 Å². The van der Waals surface area contributed by atoms with E-state index in [4.69, 9.17) is 5.73 Å². The van der Waals surface area contributed by atoms with Gasteiger partial charge in [0.15, 0.2) is 0 Å². The average molecular weight is 309 g/mol. The molecule has 2 atom stereocenters. The first kappa shape index (κ1) is 14.5. The summed E-state index contributed by atoms with van der Waals surface area (Å²) in [5.41, 5.74) is 7.37. The molecule has 0 radical (unpaired) electrons. The third-order valence-corrected chi connectivity index (χ3v) is 5.83. The topological polar surface area (TPSA) is 92.5 Å². The highest BCUT2D eigenvalue weighted by Crippen LogP contribution is 2.29. The Hall–Kier alpha value is -1.44. The molecule has 114 valence electrons. The van der Waals surface area contributed by atoms with Crippen LogP contribution in [-0.2, 0) is 21.2 Å². The minimum absolute atomic E-state index is 0.104. The lowest BCUT2D eigenvalue weighted by atomic mass is 9.99. The van der Waals surface area contributed by atoms with Crippen LogP contribution in [0, 0.1) is 5.92 Å².